The summed E-state index contributed by atoms with van der Waals surface area (Å²) in [6.07, 6.45) is 6.47. The Balaban J connectivity index is 1.88. The van der Waals surface area contributed by atoms with E-state index in [4.69, 9.17) is 9.47 Å². The molecule has 1 heterocycles. The second-order valence-electron chi connectivity index (χ2n) is 6.74. The van der Waals surface area contributed by atoms with Crippen molar-refractivity contribution in [1.29, 1.82) is 0 Å². The number of carbonyl (C=O) groups excluding carboxylic acids is 1. The molecule has 3 rings (SSSR count). The van der Waals surface area contributed by atoms with E-state index in [0.717, 1.165) is 22.4 Å². The van der Waals surface area contributed by atoms with Crippen molar-refractivity contribution in [1.82, 2.24) is 0 Å². The molecule has 2 aromatic rings. The highest BCUT2D eigenvalue weighted by atomic mass is 16.6. The van der Waals surface area contributed by atoms with Crippen molar-refractivity contribution >= 4 is 5.97 Å². The monoisotopic (exact) mass is 372 g/mol. The number of allylic oxidation sites excluding steroid dienone is 4. The number of benzene rings is 2. The zero-order valence-corrected chi connectivity index (χ0v) is 16.0. The van der Waals surface area contributed by atoms with Crippen molar-refractivity contribution in [2.24, 2.45) is 0 Å². The molecule has 3 heteroatoms. The van der Waals surface area contributed by atoms with Crippen molar-refractivity contribution < 1.29 is 14.3 Å². The van der Waals surface area contributed by atoms with Crippen LogP contribution in [0.4, 0.5) is 0 Å². The van der Waals surface area contributed by atoms with E-state index >= 15 is 0 Å². The van der Waals surface area contributed by atoms with E-state index in [9.17, 15) is 4.79 Å². The summed E-state index contributed by atoms with van der Waals surface area (Å²) in [5.74, 6) is 0.416. The van der Waals surface area contributed by atoms with E-state index in [1.54, 1.807) is 24.3 Å². The van der Waals surface area contributed by atoms with Crippen LogP contribution in [0.2, 0.25) is 0 Å². The molecular formula is C25H24O3. The number of hydrogen-bond donors (Lipinski definition) is 0. The minimum atomic E-state index is -0.434. The summed E-state index contributed by atoms with van der Waals surface area (Å²) in [4.78, 5) is 12.8. The van der Waals surface area contributed by atoms with E-state index in [-0.39, 0.29) is 6.10 Å². The van der Waals surface area contributed by atoms with Gasteiger partial charge in [0, 0.05) is 6.42 Å². The molecule has 0 bridgehead atoms. The lowest BCUT2D eigenvalue weighted by Gasteiger charge is -2.33. The average molecular weight is 372 g/mol. The number of ether oxygens (including phenoxy) is 2. The third-order valence-electron chi connectivity index (χ3n) is 4.45. The molecule has 0 aliphatic carbocycles. The fourth-order valence-electron chi connectivity index (χ4n) is 3.11. The topological polar surface area (TPSA) is 35.5 Å². The summed E-state index contributed by atoms with van der Waals surface area (Å²) in [7, 11) is 0. The standard InChI is InChI=1S/C25H24O3/c1-4-10-20(16-15-18(2)3)25(26)28-23-17-21-13-8-9-14-22(21)27-24(23)19-11-6-5-7-12-19/h4-16,23-24H,1-2,17H2,3H3/b16-15-,20-10+/t23-,24-/m1/s1. The first kappa shape index (κ1) is 19.4. The molecule has 1 aliphatic heterocycles. The Morgan fingerprint density at radius 3 is 2.54 bits per heavy atom. The Hall–Kier alpha value is -3.33. The van der Waals surface area contributed by atoms with Crippen LogP contribution in [0.15, 0.2) is 103 Å². The molecule has 0 unspecified atom stereocenters. The zero-order chi connectivity index (χ0) is 19.9. The van der Waals surface area contributed by atoms with Crippen LogP contribution in [0, 0.1) is 0 Å². The summed E-state index contributed by atoms with van der Waals surface area (Å²) in [6.45, 7) is 9.38. The molecular weight excluding hydrogens is 348 g/mol. The van der Waals surface area contributed by atoms with E-state index in [1.807, 2.05) is 61.5 Å². The molecule has 0 spiro atoms. The Kier molecular flexibility index (Phi) is 6.28. The van der Waals surface area contributed by atoms with E-state index in [0.29, 0.717) is 12.0 Å². The van der Waals surface area contributed by atoms with Gasteiger partial charge < -0.3 is 9.47 Å². The van der Waals surface area contributed by atoms with Crippen molar-refractivity contribution in [2.45, 2.75) is 25.6 Å². The number of fused-ring (bicyclic) bond motifs is 1. The first-order valence-corrected chi connectivity index (χ1v) is 9.25. The highest BCUT2D eigenvalue weighted by molar-refractivity contribution is 5.92. The van der Waals surface area contributed by atoms with E-state index in [2.05, 4.69) is 13.2 Å². The summed E-state index contributed by atoms with van der Waals surface area (Å²) < 4.78 is 12.1. The molecule has 142 valence electrons. The second kappa shape index (κ2) is 9.05. The van der Waals surface area contributed by atoms with Gasteiger partial charge in [-0.2, -0.15) is 0 Å². The maximum atomic E-state index is 12.8. The molecule has 2 aromatic carbocycles. The zero-order valence-electron chi connectivity index (χ0n) is 16.0. The number of rotatable bonds is 6. The maximum Gasteiger partial charge on any atom is 0.338 e. The SMILES string of the molecule is C=C/C=C(\C=C/C(=C)C)C(=O)O[C@@H]1Cc2ccccc2O[C@@H]1c1ccccc1. The van der Waals surface area contributed by atoms with Gasteiger partial charge >= 0.3 is 5.97 Å². The van der Waals surface area contributed by atoms with Gasteiger partial charge in [-0.05, 0) is 36.3 Å². The van der Waals surface area contributed by atoms with Gasteiger partial charge in [-0.1, -0.05) is 79.4 Å². The van der Waals surface area contributed by atoms with Gasteiger partial charge in [0.1, 0.15) is 11.9 Å². The molecule has 28 heavy (non-hydrogen) atoms. The highest BCUT2D eigenvalue weighted by Crippen LogP contribution is 2.36. The Bertz CT molecular complexity index is 922. The molecule has 2 atom stereocenters. The van der Waals surface area contributed by atoms with Gasteiger partial charge in [-0.15, -0.1) is 0 Å². The molecule has 0 saturated carbocycles. The number of esters is 1. The Labute approximate surface area is 166 Å². The average Bonchev–Trinajstić information content (AvgIpc) is 2.71. The van der Waals surface area contributed by atoms with Crippen LogP contribution in [0.5, 0.6) is 5.75 Å². The van der Waals surface area contributed by atoms with Gasteiger partial charge in [-0.25, -0.2) is 4.79 Å². The highest BCUT2D eigenvalue weighted by Gasteiger charge is 2.34. The van der Waals surface area contributed by atoms with Crippen molar-refractivity contribution in [3.8, 4) is 5.75 Å². The van der Waals surface area contributed by atoms with Gasteiger partial charge in [0.15, 0.2) is 6.10 Å². The predicted octanol–water partition coefficient (Wildman–Crippen LogP) is 5.52. The Morgan fingerprint density at radius 1 is 1.11 bits per heavy atom. The lowest BCUT2D eigenvalue weighted by Crippen LogP contribution is -2.35. The molecule has 3 nitrogen and oxygen atoms in total. The van der Waals surface area contributed by atoms with E-state index < -0.39 is 12.1 Å². The second-order valence-corrected chi connectivity index (χ2v) is 6.74. The largest absolute Gasteiger partial charge is 0.482 e. The quantitative estimate of drug-likeness (QED) is 0.380. The smallest absolute Gasteiger partial charge is 0.338 e. The maximum absolute atomic E-state index is 12.8. The van der Waals surface area contributed by atoms with Gasteiger partial charge in [-0.3, -0.25) is 0 Å². The van der Waals surface area contributed by atoms with Crippen LogP contribution >= 0.6 is 0 Å². The van der Waals surface area contributed by atoms with Crippen LogP contribution in [0.1, 0.15) is 24.2 Å². The van der Waals surface area contributed by atoms with Gasteiger partial charge in [0.05, 0.1) is 5.57 Å². The van der Waals surface area contributed by atoms with Crippen LogP contribution in [0.3, 0.4) is 0 Å². The fraction of sp³-hybridized carbons (Fsp3) is 0.160. The van der Waals surface area contributed by atoms with Gasteiger partial charge in [0.25, 0.3) is 0 Å². The molecule has 0 amide bonds. The van der Waals surface area contributed by atoms with Crippen LogP contribution in [-0.4, -0.2) is 12.1 Å². The third kappa shape index (κ3) is 4.68. The normalized spacial score (nSPS) is 18.8. The molecule has 0 N–H and O–H groups in total. The fourth-order valence-corrected chi connectivity index (χ4v) is 3.11. The summed E-state index contributed by atoms with van der Waals surface area (Å²) in [5.41, 5.74) is 3.27. The van der Waals surface area contributed by atoms with Crippen molar-refractivity contribution in [3.05, 3.63) is 114 Å². The van der Waals surface area contributed by atoms with Crippen molar-refractivity contribution in [2.75, 3.05) is 0 Å². The lowest BCUT2D eigenvalue weighted by atomic mass is 9.94. The number of hydrogen-bond acceptors (Lipinski definition) is 3. The molecule has 0 radical (unpaired) electrons. The molecule has 0 aromatic heterocycles. The lowest BCUT2D eigenvalue weighted by molar-refractivity contribution is -0.150. The first-order chi connectivity index (χ1) is 13.6. The van der Waals surface area contributed by atoms with Crippen LogP contribution in [0.25, 0.3) is 0 Å². The minimum Gasteiger partial charge on any atom is -0.482 e. The number of para-hydroxylation sites is 1. The summed E-state index contributed by atoms with van der Waals surface area (Å²) in [5, 5.41) is 0. The van der Waals surface area contributed by atoms with Gasteiger partial charge in [0.2, 0.25) is 0 Å². The van der Waals surface area contributed by atoms with Crippen LogP contribution < -0.4 is 4.74 Å². The third-order valence-corrected chi connectivity index (χ3v) is 4.45. The number of carbonyl (C=O) groups is 1. The summed E-state index contributed by atoms with van der Waals surface area (Å²) in [6, 6.07) is 17.7. The summed E-state index contributed by atoms with van der Waals surface area (Å²) >= 11 is 0. The molecule has 1 aliphatic rings. The van der Waals surface area contributed by atoms with E-state index in [1.165, 1.54) is 0 Å². The van der Waals surface area contributed by atoms with Crippen molar-refractivity contribution in [3.63, 3.8) is 0 Å². The Morgan fingerprint density at radius 2 is 1.82 bits per heavy atom. The first-order valence-electron chi connectivity index (χ1n) is 9.25. The predicted molar refractivity (Wildman–Crippen MR) is 112 cm³/mol. The van der Waals surface area contributed by atoms with Crippen LogP contribution in [-0.2, 0) is 16.0 Å². The molecule has 0 fully saturated rings. The minimum absolute atomic E-state index is 0.366. The molecule has 0 saturated heterocycles.